The fourth-order valence-electron chi connectivity index (χ4n) is 3.08. The Bertz CT molecular complexity index is 950. The normalized spacial score (nSPS) is 13.8. The highest BCUT2D eigenvalue weighted by Crippen LogP contribution is 2.35. The third-order valence-corrected chi connectivity index (χ3v) is 6.09. The van der Waals surface area contributed by atoms with Gasteiger partial charge in [-0.15, -0.1) is 11.3 Å². The van der Waals surface area contributed by atoms with Crippen molar-refractivity contribution in [1.29, 1.82) is 0 Å². The van der Waals surface area contributed by atoms with E-state index in [2.05, 4.69) is 4.98 Å². The number of rotatable bonds is 2. The number of carbonyl (C=O) groups excluding carboxylic acids is 1. The van der Waals surface area contributed by atoms with E-state index in [0.717, 1.165) is 16.6 Å². The Labute approximate surface area is 151 Å². The van der Waals surface area contributed by atoms with Crippen LogP contribution in [0.3, 0.4) is 0 Å². The van der Waals surface area contributed by atoms with Gasteiger partial charge in [-0.25, -0.2) is 13.8 Å². The first-order chi connectivity index (χ1) is 12.0. The number of nitrogens with zero attached hydrogens (tertiary/aromatic N) is 2. The first-order valence-corrected chi connectivity index (χ1v) is 9.60. The lowest BCUT2D eigenvalue weighted by Gasteiger charge is -2.29. The van der Waals surface area contributed by atoms with Crippen LogP contribution in [0.5, 0.6) is 0 Å². The van der Waals surface area contributed by atoms with Gasteiger partial charge in [0.2, 0.25) is 0 Å². The molecule has 7 heteroatoms. The molecule has 0 N–H and O–H groups in total. The lowest BCUT2D eigenvalue weighted by atomic mass is 10.0. The second-order valence-electron chi connectivity index (χ2n) is 5.90. The number of fused-ring (bicyclic) bond motifs is 1. The van der Waals surface area contributed by atoms with Crippen LogP contribution in [0.4, 0.5) is 14.5 Å². The minimum absolute atomic E-state index is 0.197. The minimum Gasteiger partial charge on any atom is -0.305 e. The number of carbonyl (C=O) groups is 1. The summed E-state index contributed by atoms with van der Waals surface area (Å²) in [5.41, 5.74) is 2.34. The van der Waals surface area contributed by atoms with Gasteiger partial charge < -0.3 is 4.90 Å². The van der Waals surface area contributed by atoms with E-state index in [1.165, 1.54) is 22.3 Å². The molecule has 0 radical (unpaired) electrons. The summed E-state index contributed by atoms with van der Waals surface area (Å²) in [6.07, 6.45) is 1.24. The van der Waals surface area contributed by atoms with Crippen LogP contribution in [0.25, 0.3) is 10.6 Å². The standard InChI is InChI=1S/C18H14F2N2OS2/c1-10-16(25-17(21-10)12-4-6-24-9-12)18(23)22-5-2-3-11-7-13(19)8-14(20)15(11)22/h4,6-9H,2-3,5H2,1H3. The third kappa shape index (κ3) is 2.87. The molecule has 0 unspecified atom stereocenters. The van der Waals surface area contributed by atoms with Crippen molar-refractivity contribution in [2.45, 2.75) is 19.8 Å². The first kappa shape index (κ1) is 16.4. The van der Waals surface area contributed by atoms with Crippen molar-refractivity contribution in [2.24, 2.45) is 0 Å². The highest BCUT2D eigenvalue weighted by Gasteiger charge is 2.29. The lowest BCUT2D eigenvalue weighted by molar-refractivity contribution is 0.0987. The molecule has 0 bridgehead atoms. The van der Waals surface area contributed by atoms with E-state index in [1.54, 1.807) is 18.3 Å². The maximum Gasteiger partial charge on any atom is 0.270 e. The Morgan fingerprint density at radius 2 is 2.16 bits per heavy atom. The van der Waals surface area contributed by atoms with Crippen molar-refractivity contribution >= 4 is 34.3 Å². The van der Waals surface area contributed by atoms with Gasteiger partial charge in [-0.05, 0) is 42.8 Å². The molecule has 1 aliphatic heterocycles. The average Bonchev–Trinajstić information content (AvgIpc) is 3.22. The summed E-state index contributed by atoms with van der Waals surface area (Å²) in [7, 11) is 0. The molecule has 4 rings (SSSR count). The monoisotopic (exact) mass is 376 g/mol. The Morgan fingerprint density at radius 3 is 2.92 bits per heavy atom. The molecule has 3 heterocycles. The number of halogens is 2. The van der Waals surface area contributed by atoms with E-state index in [-0.39, 0.29) is 11.6 Å². The third-order valence-electron chi connectivity index (χ3n) is 4.21. The van der Waals surface area contributed by atoms with E-state index in [0.29, 0.717) is 35.5 Å². The summed E-state index contributed by atoms with van der Waals surface area (Å²) in [4.78, 5) is 19.4. The average molecular weight is 376 g/mol. The molecule has 1 aliphatic rings. The van der Waals surface area contributed by atoms with Gasteiger partial charge in [-0.1, -0.05) is 0 Å². The molecule has 0 aliphatic carbocycles. The van der Waals surface area contributed by atoms with Gasteiger partial charge in [0.05, 0.1) is 11.4 Å². The van der Waals surface area contributed by atoms with Crippen LogP contribution in [0.15, 0.2) is 29.0 Å². The van der Waals surface area contributed by atoms with Crippen LogP contribution >= 0.6 is 22.7 Å². The van der Waals surface area contributed by atoms with Crippen molar-refractivity contribution in [3.8, 4) is 10.6 Å². The molecule has 1 aromatic carbocycles. The summed E-state index contributed by atoms with van der Waals surface area (Å²) in [5, 5.41) is 4.71. The van der Waals surface area contributed by atoms with E-state index in [9.17, 15) is 13.6 Å². The number of aryl methyl sites for hydroxylation is 2. The highest BCUT2D eigenvalue weighted by molar-refractivity contribution is 7.17. The number of hydrogen-bond donors (Lipinski definition) is 0. The van der Waals surface area contributed by atoms with Crippen LogP contribution < -0.4 is 4.90 Å². The summed E-state index contributed by atoms with van der Waals surface area (Å²) in [6.45, 7) is 2.20. The molecule has 1 amide bonds. The largest absolute Gasteiger partial charge is 0.305 e. The predicted molar refractivity (Wildman–Crippen MR) is 96.5 cm³/mol. The number of thiazole rings is 1. The van der Waals surface area contributed by atoms with Gasteiger partial charge in [0.25, 0.3) is 5.91 Å². The number of amides is 1. The summed E-state index contributed by atoms with van der Waals surface area (Å²) < 4.78 is 27.8. The van der Waals surface area contributed by atoms with E-state index >= 15 is 0 Å². The topological polar surface area (TPSA) is 33.2 Å². The highest BCUT2D eigenvalue weighted by atomic mass is 32.1. The molecule has 3 aromatic rings. The Kier molecular flexibility index (Phi) is 4.13. The molecule has 0 saturated carbocycles. The number of anilines is 1. The zero-order valence-electron chi connectivity index (χ0n) is 13.4. The van der Waals surface area contributed by atoms with E-state index in [4.69, 9.17) is 0 Å². The molecule has 25 heavy (non-hydrogen) atoms. The number of thiophene rings is 1. The van der Waals surface area contributed by atoms with Crippen molar-refractivity contribution in [3.05, 3.63) is 56.7 Å². The van der Waals surface area contributed by atoms with Gasteiger partial charge in [0.15, 0.2) is 0 Å². The molecule has 0 fully saturated rings. The zero-order valence-corrected chi connectivity index (χ0v) is 15.0. The van der Waals surface area contributed by atoms with Crippen LogP contribution in [0.1, 0.15) is 27.3 Å². The fraction of sp³-hybridized carbons (Fsp3) is 0.222. The van der Waals surface area contributed by atoms with Crippen molar-refractivity contribution in [1.82, 2.24) is 4.98 Å². The fourth-order valence-corrected chi connectivity index (χ4v) is 4.81. The molecule has 128 valence electrons. The summed E-state index contributed by atoms with van der Waals surface area (Å²) in [6, 6.07) is 4.10. The van der Waals surface area contributed by atoms with Gasteiger partial charge >= 0.3 is 0 Å². The molecule has 0 atom stereocenters. The van der Waals surface area contributed by atoms with Crippen LogP contribution in [-0.2, 0) is 6.42 Å². The summed E-state index contributed by atoms with van der Waals surface area (Å²) in [5.74, 6) is -1.58. The maximum atomic E-state index is 14.3. The number of benzene rings is 1. The van der Waals surface area contributed by atoms with E-state index in [1.807, 2.05) is 16.8 Å². The summed E-state index contributed by atoms with van der Waals surface area (Å²) >= 11 is 2.88. The van der Waals surface area contributed by atoms with Gasteiger partial charge in [0.1, 0.15) is 21.5 Å². The Morgan fingerprint density at radius 1 is 1.32 bits per heavy atom. The van der Waals surface area contributed by atoms with Gasteiger partial charge in [-0.3, -0.25) is 4.79 Å². The van der Waals surface area contributed by atoms with Crippen molar-refractivity contribution < 1.29 is 13.6 Å². The van der Waals surface area contributed by atoms with E-state index < -0.39 is 11.6 Å². The molecule has 0 spiro atoms. The molecule has 0 saturated heterocycles. The predicted octanol–water partition coefficient (Wildman–Crippen LogP) is 5.05. The maximum absolute atomic E-state index is 14.3. The lowest BCUT2D eigenvalue weighted by Crippen LogP contribution is -2.36. The second-order valence-corrected chi connectivity index (χ2v) is 7.68. The molecule has 2 aromatic heterocycles. The van der Waals surface area contributed by atoms with Gasteiger partial charge in [-0.2, -0.15) is 11.3 Å². The van der Waals surface area contributed by atoms with Crippen LogP contribution in [0, 0.1) is 18.6 Å². The van der Waals surface area contributed by atoms with Crippen molar-refractivity contribution in [3.63, 3.8) is 0 Å². The smallest absolute Gasteiger partial charge is 0.270 e. The first-order valence-electron chi connectivity index (χ1n) is 7.84. The molecule has 3 nitrogen and oxygen atoms in total. The molecular formula is C18H14F2N2OS2. The minimum atomic E-state index is -0.691. The molecular weight excluding hydrogens is 362 g/mol. The van der Waals surface area contributed by atoms with Crippen molar-refractivity contribution in [2.75, 3.05) is 11.4 Å². The number of hydrogen-bond acceptors (Lipinski definition) is 4. The van der Waals surface area contributed by atoms with Gasteiger partial charge in [0, 0.05) is 23.6 Å². The SMILES string of the molecule is Cc1nc(-c2ccsc2)sc1C(=O)N1CCCc2cc(F)cc(F)c21. The quantitative estimate of drug-likeness (QED) is 0.627. The second kappa shape index (κ2) is 6.31. The Balaban J connectivity index is 1.74. The zero-order chi connectivity index (χ0) is 17.6. The van der Waals surface area contributed by atoms with Crippen LogP contribution in [-0.4, -0.2) is 17.4 Å². The Hall–Kier alpha value is -2.12. The van der Waals surface area contributed by atoms with Crippen LogP contribution in [0.2, 0.25) is 0 Å². The number of aromatic nitrogens is 1.